The summed E-state index contributed by atoms with van der Waals surface area (Å²) in [5.41, 5.74) is 2.35. The van der Waals surface area contributed by atoms with Crippen LogP contribution in [0, 0.1) is 0 Å². The number of fused-ring (bicyclic) bond motifs is 1. The average molecular weight is 311 g/mol. The first-order valence-electron chi connectivity index (χ1n) is 6.30. The Bertz CT molecular complexity index is 532. The Morgan fingerprint density at radius 3 is 2.61 bits per heavy atom. The fourth-order valence-corrected chi connectivity index (χ4v) is 2.64. The third kappa shape index (κ3) is 2.60. The summed E-state index contributed by atoms with van der Waals surface area (Å²) in [5.74, 6) is 0. The Morgan fingerprint density at radius 2 is 2.00 bits per heavy atom. The van der Waals surface area contributed by atoms with Crippen molar-refractivity contribution in [2.24, 2.45) is 0 Å². The summed E-state index contributed by atoms with van der Waals surface area (Å²) >= 11 is 3.51. The lowest BCUT2D eigenvalue weighted by atomic mass is 10.1. The van der Waals surface area contributed by atoms with E-state index < -0.39 is 0 Å². The van der Waals surface area contributed by atoms with Crippen molar-refractivity contribution in [1.82, 2.24) is 9.47 Å². The maximum Gasteiger partial charge on any atom is 0.119 e. The molecule has 3 nitrogen and oxygen atoms in total. The minimum Gasteiger partial charge on any atom is -0.376 e. The van der Waals surface area contributed by atoms with Gasteiger partial charge in [0.05, 0.1) is 5.52 Å². The van der Waals surface area contributed by atoms with Crippen molar-refractivity contribution in [3.8, 4) is 0 Å². The minimum absolute atomic E-state index is 0.0242. The Morgan fingerprint density at radius 1 is 1.28 bits per heavy atom. The van der Waals surface area contributed by atoms with Crippen molar-refractivity contribution < 1.29 is 5.11 Å². The van der Waals surface area contributed by atoms with Gasteiger partial charge in [-0.3, -0.25) is 4.90 Å². The molecule has 4 heteroatoms. The lowest BCUT2D eigenvalue weighted by Crippen LogP contribution is -2.21. The van der Waals surface area contributed by atoms with E-state index in [1.165, 1.54) is 10.9 Å². The maximum absolute atomic E-state index is 9.40. The maximum atomic E-state index is 9.40. The molecule has 0 aliphatic heterocycles. The molecule has 0 fully saturated rings. The van der Waals surface area contributed by atoms with Crippen LogP contribution in [-0.4, -0.2) is 27.7 Å². The van der Waals surface area contributed by atoms with Gasteiger partial charge in [-0.25, -0.2) is 0 Å². The standard InChI is InChI=1S/C14H19BrN2O/c1-3-16(4-2)8-11-9-17(10-18)14-6-5-12(15)7-13(11)14/h5-7,9,18H,3-4,8,10H2,1-2H3. The second kappa shape index (κ2) is 5.87. The molecule has 0 aliphatic rings. The Kier molecular flexibility index (Phi) is 4.43. The van der Waals surface area contributed by atoms with Crippen LogP contribution in [0.5, 0.6) is 0 Å². The number of hydrogen-bond acceptors (Lipinski definition) is 2. The summed E-state index contributed by atoms with van der Waals surface area (Å²) in [6.07, 6.45) is 2.05. The fourth-order valence-electron chi connectivity index (χ4n) is 2.27. The van der Waals surface area contributed by atoms with Crippen LogP contribution >= 0.6 is 15.9 Å². The van der Waals surface area contributed by atoms with Crippen LogP contribution in [0.25, 0.3) is 10.9 Å². The summed E-state index contributed by atoms with van der Waals surface area (Å²) in [4.78, 5) is 2.37. The van der Waals surface area contributed by atoms with Crippen molar-refractivity contribution in [3.63, 3.8) is 0 Å². The molecule has 1 N–H and O–H groups in total. The first-order valence-corrected chi connectivity index (χ1v) is 7.09. The third-order valence-corrected chi connectivity index (χ3v) is 3.86. The Balaban J connectivity index is 2.46. The van der Waals surface area contributed by atoms with Crippen molar-refractivity contribution in [2.45, 2.75) is 27.1 Å². The number of benzene rings is 1. The van der Waals surface area contributed by atoms with E-state index in [4.69, 9.17) is 0 Å². The van der Waals surface area contributed by atoms with Gasteiger partial charge in [0.25, 0.3) is 0 Å². The number of aliphatic hydroxyl groups excluding tert-OH is 1. The number of halogens is 1. The van der Waals surface area contributed by atoms with Crippen molar-refractivity contribution in [3.05, 3.63) is 34.4 Å². The van der Waals surface area contributed by atoms with Crippen LogP contribution in [0.1, 0.15) is 19.4 Å². The van der Waals surface area contributed by atoms with Gasteiger partial charge >= 0.3 is 0 Å². The van der Waals surface area contributed by atoms with E-state index in [1.54, 1.807) is 0 Å². The zero-order valence-corrected chi connectivity index (χ0v) is 12.4. The van der Waals surface area contributed by atoms with Crippen LogP contribution in [0.2, 0.25) is 0 Å². The van der Waals surface area contributed by atoms with Gasteiger partial charge in [0.1, 0.15) is 6.73 Å². The van der Waals surface area contributed by atoms with Crippen molar-refractivity contribution >= 4 is 26.8 Å². The largest absolute Gasteiger partial charge is 0.376 e. The van der Waals surface area contributed by atoms with E-state index in [0.717, 1.165) is 29.6 Å². The van der Waals surface area contributed by atoms with Gasteiger partial charge in [-0.1, -0.05) is 29.8 Å². The summed E-state index contributed by atoms with van der Waals surface area (Å²) in [5, 5.41) is 10.6. The van der Waals surface area contributed by atoms with Crippen LogP contribution in [-0.2, 0) is 13.3 Å². The molecule has 2 rings (SSSR count). The van der Waals surface area contributed by atoms with E-state index in [0.29, 0.717) is 0 Å². The number of hydrogen-bond donors (Lipinski definition) is 1. The molecule has 1 aromatic heterocycles. The van der Waals surface area contributed by atoms with E-state index in [1.807, 2.05) is 16.7 Å². The van der Waals surface area contributed by atoms with E-state index in [2.05, 4.69) is 46.9 Å². The molecular weight excluding hydrogens is 292 g/mol. The number of nitrogens with zero attached hydrogens (tertiary/aromatic N) is 2. The fraction of sp³-hybridized carbons (Fsp3) is 0.429. The molecule has 0 atom stereocenters. The summed E-state index contributed by atoms with van der Waals surface area (Å²) in [6, 6.07) is 6.18. The van der Waals surface area contributed by atoms with Crippen LogP contribution in [0.15, 0.2) is 28.9 Å². The quantitative estimate of drug-likeness (QED) is 0.918. The molecule has 2 aromatic rings. The molecule has 0 spiro atoms. The number of aliphatic hydroxyl groups is 1. The lowest BCUT2D eigenvalue weighted by molar-refractivity contribution is 0.215. The molecule has 0 bridgehead atoms. The molecule has 0 unspecified atom stereocenters. The highest BCUT2D eigenvalue weighted by Gasteiger charge is 2.10. The molecule has 1 aromatic carbocycles. The summed E-state index contributed by atoms with van der Waals surface area (Å²) < 4.78 is 2.96. The van der Waals surface area contributed by atoms with Gasteiger partial charge in [0.15, 0.2) is 0 Å². The summed E-state index contributed by atoms with van der Waals surface area (Å²) in [7, 11) is 0. The van der Waals surface area contributed by atoms with Gasteiger partial charge in [0.2, 0.25) is 0 Å². The summed E-state index contributed by atoms with van der Waals surface area (Å²) in [6.45, 7) is 7.37. The van der Waals surface area contributed by atoms with Crippen LogP contribution in [0.3, 0.4) is 0 Å². The highest BCUT2D eigenvalue weighted by Crippen LogP contribution is 2.26. The first-order chi connectivity index (χ1) is 8.69. The smallest absolute Gasteiger partial charge is 0.119 e. The van der Waals surface area contributed by atoms with Gasteiger partial charge in [-0.05, 0) is 36.9 Å². The van der Waals surface area contributed by atoms with E-state index in [-0.39, 0.29) is 6.73 Å². The molecule has 0 aliphatic carbocycles. The highest BCUT2D eigenvalue weighted by atomic mass is 79.9. The van der Waals surface area contributed by atoms with Gasteiger partial charge in [0, 0.05) is 22.6 Å². The molecule has 0 saturated heterocycles. The zero-order valence-electron chi connectivity index (χ0n) is 10.9. The SMILES string of the molecule is CCN(CC)Cc1cn(CO)c2ccc(Br)cc12. The normalized spacial score (nSPS) is 11.6. The minimum atomic E-state index is 0.0242. The number of aromatic nitrogens is 1. The molecule has 0 saturated carbocycles. The van der Waals surface area contributed by atoms with E-state index >= 15 is 0 Å². The monoisotopic (exact) mass is 310 g/mol. The van der Waals surface area contributed by atoms with Crippen molar-refractivity contribution in [1.29, 1.82) is 0 Å². The second-order valence-corrected chi connectivity index (χ2v) is 5.30. The zero-order chi connectivity index (χ0) is 13.1. The van der Waals surface area contributed by atoms with Gasteiger partial charge in [-0.2, -0.15) is 0 Å². The lowest BCUT2D eigenvalue weighted by Gasteiger charge is -2.17. The highest BCUT2D eigenvalue weighted by molar-refractivity contribution is 9.10. The Hall–Kier alpha value is -0.840. The van der Waals surface area contributed by atoms with Gasteiger partial charge in [-0.15, -0.1) is 0 Å². The van der Waals surface area contributed by atoms with Crippen LogP contribution in [0.4, 0.5) is 0 Å². The molecule has 18 heavy (non-hydrogen) atoms. The molecule has 98 valence electrons. The molecule has 0 radical (unpaired) electrons. The first kappa shape index (κ1) is 13.6. The average Bonchev–Trinajstić information content (AvgIpc) is 2.73. The molecule has 0 amide bonds. The number of rotatable bonds is 5. The second-order valence-electron chi connectivity index (χ2n) is 4.39. The topological polar surface area (TPSA) is 28.4 Å². The third-order valence-electron chi connectivity index (χ3n) is 3.37. The van der Waals surface area contributed by atoms with Gasteiger partial charge < -0.3 is 9.67 Å². The predicted octanol–water partition coefficient (Wildman–Crippen LogP) is 3.20. The van der Waals surface area contributed by atoms with Crippen molar-refractivity contribution in [2.75, 3.05) is 13.1 Å². The predicted molar refractivity (Wildman–Crippen MR) is 78.5 cm³/mol. The Labute approximate surface area is 116 Å². The molecular formula is C14H19BrN2O. The van der Waals surface area contributed by atoms with E-state index in [9.17, 15) is 5.11 Å². The molecule has 1 heterocycles. The van der Waals surface area contributed by atoms with Crippen LogP contribution < -0.4 is 0 Å².